The van der Waals surface area contributed by atoms with Gasteiger partial charge in [0.2, 0.25) is 0 Å². The van der Waals surface area contributed by atoms with E-state index in [4.69, 9.17) is 10.5 Å². The number of ether oxygens (including phenoxy) is 1. The highest BCUT2D eigenvalue weighted by Crippen LogP contribution is 2.30. The molecule has 3 nitrogen and oxygen atoms in total. The van der Waals surface area contributed by atoms with Crippen molar-refractivity contribution in [3.05, 3.63) is 23.8 Å². The molecule has 1 rings (SSSR count). The third-order valence-corrected chi connectivity index (χ3v) is 3.79. The number of anilines is 1. The fourth-order valence-electron chi connectivity index (χ4n) is 1.30. The van der Waals surface area contributed by atoms with E-state index in [9.17, 15) is 4.79 Å². The zero-order valence-corrected chi connectivity index (χ0v) is 11.3. The topological polar surface area (TPSA) is 52.3 Å². The van der Waals surface area contributed by atoms with Gasteiger partial charge >= 0.3 is 5.97 Å². The number of carbonyl (C=O) groups excluding carboxylic acids is 1. The summed E-state index contributed by atoms with van der Waals surface area (Å²) in [5.41, 5.74) is 7.08. The molecule has 4 heteroatoms. The zero-order chi connectivity index (χ0) is 12.8. The van der Waals surface area contributed by atoms with Crippen LogP contribution in [0.25, 0.3) is 0 Å². The molecule has 1 atom stereocenters. The highest BCUT2D eigenvalue weighted by Gasteiger charge is 2.10. The number of nitrogens with two attached hydrogens (primary N) is 1. The number of esters is 1. The van der Waals surface area contributed by atoms with Gasteiger partial charge in [0, 0.05) is 15.8 Å². The molecule has 0 radical (unpaired) electrons. The van der Waals surface area contributed by atoms with Crippen LogP contribution in [-0.2, 0) is 4.74 Å². The van der Waals surface area contributed by atoms with Gasteiger partial charge in [0.15, 0.2) is 0 Å². The monoisotopic (exact) mass is 253 g/mol. The molecule has 0 aliphatic carbocycles. The Kier molecular flexibility index (Phi) is 5.35. The Morgan fingerprint density at radius 3 is 2.71 bits per heavy atom. The lowest BCUT2D eigenvalue weighted by molar-refractivity contribution is 0.0526. The fraction of sp³-hybridized carbons (Fsp3) is 0.462. The normalized spacial score (nSPS) is 12.2. The van der Waals surface area contributed by atoms with Gasteiger partial charge in [0.25, 0.3) is 0 Å². The summed E-state index contributed by atoms with van der Waals surface area (Å²) in [7, 11) is 0. The summed E-state index contributed by atoms with van der Waals surface area (Å²) in [6.07, 6.45) is 1.09. The molecule has 0 fully saturated rings. The molecule has 1 aromatic carbocycles. The molecule has 1 aromatic rings. The Labute approximate surface area is 107 Å². The number of hydrogen-bond acceptors (Lipinski definition) is 4. The standard InChI is InChI=1S/C13H19NO2S/c1-4-9(3)17-12-7-6-10(8-11(12)14)13(15)16-5-2/h6-9H,4-5,14H2,1-3H3. The summed E-state index contributed by atoms with van der Waals surface area (Å²) in [6, 6.07) is 5.33. The van der Waals surface area contributed by atoms with Crippen LogP contribution in [0.5, 0.6) is 0 Å². The molecule has 0 saturated heterocycles. The van der Waals surface area contributed by atoms with Crippen molar-refractivity contribution < 1.29 is 9.53 Å². The smallest absolute Gasteiger partial charge is 0.338 e. The number of thioether (sulfide) groups is 1. The molecule has 0 amide bonds. The maximum absolute atomic E-state index is 11.5. The average molecular weight is 253 g/mol. The summed E-state index contributed by atoms with van der Waals surface area (Å²) >= 11 is 1.73. The van der Waals surface area contributed by atoms with Crippen molar-refractivity contribution >= 4 is 23.4 Å². The highest BCUT2D eigenvalue weighted by molar-refractivity contribution is 8.00. The summed E-state index contributed by atoms with van der Waals surface area (Å²) in [4.78, 5) is 12.5. The molecule has 0 aliphatic rings. The van der Waals surface area contributed by atoms with Crippen LogP contribution in [0.1, 0.15) is 37.6 Å². The van der Waals surface area contributed by atoms with Crippen molar-refractivity contribution in [1.82, 2.24) is 0 Å². The van der Waals surface area contributed by atoms with Gasteiger partial charge < -0.3 is 10.5 Å². The second-order valence-electron chi connectivity index (χ2n) is 3.81. The van der Waals surface area contributed by atoms with Gasteiger partial charge in [-0.3, -0.25) is 0 Å². The van der Waals surface area contributed by atoms with Gasteiger partial charge in [-0.1, -0.05) is 13.8 Å². The van der Waals surface area contributed by atoms with Crippen LogP contribution >= 0.6 is 11.8 Å². The predicted octanol–water partition coefficient (Wildman–Crippen LogP) is 3.34. The number of nitrogen functional groups attached to an aromatic ring is 1. The second kappa shape index (κ2) is 6.55. The molecule has 0 aromatic heterocycles. The van der Waals surface area contributed by atoms with E-state index in [-0.39, 0.29) is 5.97 Å². The van der Waals surface area contributed by atoms with Gasteiger partial charge in [-0.15, -0.1) is 11.8 Å². The molecule has 0 spiro atoms. The van der Waals surface area contributed by atoms with Crippen LogP contribution in [0.4, 0.5) is 5.69 Å². The largest absolute Gasteiger partial charge is 0.462 e. The molecule has 0 aliphatic heterocycles. The maximum atomic E-state index is 11.5. The van der Waals surface area contributed by atoms with E-state index >= 15 is 0 Å². The molecule has 94 valence electrons. The van der Waals surface area contributed by atoms with Crippen LogP contribution < -0.4 is 5.73 Å². The van der Waals surface area contributed by atoms with Crippen molar-refractivity contribution in [2.75, 3.05) is 12.3 Å². The van der Waals surface area contributed by atoms with E-state index in [1.165, 1.54) is 0 Å². The second-order valence-corrected chi connectivity index (χ2v) is 5.29. The fourth-order valence-corrected chi connectivity index (χ4v) is 2.24. The van der Waals surface area contributed by atoms with Crippen LogP contribution in [0.15, 0.2) is 23.1 Å². The minimum absolute atomic E-state index is 0.320. The highest BCUT2D eigenvalue weighted by atomic mass is 32.2. The first kappa shape index (κ1) is 13.9. The Bertz CT molecular complexity index is 393. The van der Waals surface area contributed by atoms with Gasteiger partial charge in [-0.05, 0) is 31.5 Å². The first-order valence-electron chi connectivity index (χ1n) is 5.81. The average Bonchev–Trinajstić information content (AvgIpc) is 2.31. The van der Waals surface area contributed by atoms with Crippen LogP contribution in [0.2, 0.25) is 0 Å². The van der Waals surface area contributed by atoms with Gasteiger partial charge in [-0.2, -0.15) is 0 Å². The molecule has 1 unspecified atom stereocenters. The zero-order valence-electron chi connectivity index (χ0n) is 10.5. The molecule has 2 N–H and O–H groups in total. The van der Waals surface area contributed by atoms with Crippen molar-refractivity contribution in [2.24, 2.45) is 0 Å². The summed E-state index contributed by atoms with van der Waals surface area (Å²) < 4.78 is 4.92. The lowest BCUT2D eigenvalue weighted by atomic mass is 10.2. The number of hydrogen-bond donors (Lipinski definition) is 1. The number of carbonyl (C=O) groups is 1. The van der Waals surface area contributed by atoms with Crippen molar-refractivity contribution in [3.63, 3.8) is 0 Å². The predicted molar refractivity (Wildman–Crippen MR) is 72.4 cm³/mol. The molecule has 17 heavy (non-hydrogen) atoms. The van der Waals surface area contributed by atoms with Crippen molar-refractivity contribution in [3.8, 4) is 0 Å². The Morgan fingerprint density at radius 1 is 1.47 bits per heavy atom. The van der Waals surface area contributed by atoms with Gasteiger partial charge in [0.1, 0.15) is 0 Å². The molecule has 0 heterocycles. The van der Waals surface area contributed by atoms with Gasteiger partial charge in [0.05, 0.1) is 12.2 Å². The van der Waals surface area contributed by atoms with E-state index < -0.39 is 0 Å². The summed E-state index contributed by atoms with van der Waals surface area (Å²) in [5, 5.41) is 0.519. The number of rotatable bonds is 5. The van der Waals surface area contributed by atoms with Crippen molar-refractivity contribution in [2.45, 2.75) is 37.3 Å². The third kappa shape index (κ3) is 3.97. The molecule has 0 bridgehead atoms. The van der Waals surface area contributed by atoms with Crippen LogP contribution in [-0.4, -0.2) is 17.8 Å². The summed E-state index contributed by atoms with van der Waals surface area (Å²) in [6.45, 7) is 6.46. The minimum atomic E-state index is -0.320. The lowest BCUT2D eigenvalue weighted by Gasteiger charge is -2.11. The van der Waals surface area contributed by atoms with Crippen LogP contribution in [0, 0.1) is 0 Å². The Morgan fingerprint density at radius 2 is 2.18 bits per heavy atom. The van der Waals surface area contributed by atoms with E-state index in [0.29, 0.717) is 23.1 Å². The first-order chi connectivity index (χ1) is 8.08. The van der Waals surface area contributed by atoms with E-state index in [1.54, 1.807) is 30.8 Å². The summed E-state index contributed by atoms with van der Waals surface area (Å²) in [5.74, 6) is -0.320. The Balaban J connectivity index is 2.82. The van der Waals surface area contributed by atoms with Crippen LogP contribution in [0.3, 0.4) is 0 Å². The molecular weight excluding hydrogens is 234 g/mol. The van der Waals surface area contributed by atoms with E-state index in [2.05, 4.69) is 13.8 Å². The maximum Gasteiger partial charge on any atom is 0.338 e. The Hall–Kier alpha value is -1.16. The lowest BCUT2D eigenvalue weighted by Crippen LogP contribution is -2.05. The van der Waals surface area contributed by atoms with Gasteiger partial charge in [-0.25, -0.2) is 4.79 Å². The SMILES string of the molecule is CCOC(=O)c1ccc(SC(C)CC)c(N)c1. The minimum Gasteiger partial charge on any atom is -0.462 e. The molecule has 0 saturated carbocycles. The molecular formula is C13H19NO2S. The first-order valence-corrected chi connectivity index (χ1v) is 6.69. The van der Waals surface area contributed by atoms with E-state index in [1.807, 2.05) is 6.07 Å². The van der Waals surface area contributed by atoms with E-state index in [0.717, 1.165) is 11.3 Å². The quantitative estimate of drug-likeness (QED) is 0.497. The number of benzene rings is 1. The third-order valence-electron chi connectivity index (χ3n) is 2.42. The van der Waals surface area contributed by atoms with Crippen molar-refractivity contribution in [1.29, 1.82) is 0 Å².